The third kappa shape index (κ3) is 7.09. The van der Waals surface area contributed by atoms with Crippen molar-refractivity contribution >= 4 is 17.7 Å². The van der Waals surface area contributed by atoms with Gasteiger partial charge in [-0.15, -0.1) is 0 Å². The van der Waals surface area contributed by atoms with Crippen LogP contribution in [-0.4, -0.2) is 58.3 Å². The largest absolute Gasteiger partial charge is 0.394 e. The van der Waals surface area contributed by atoms with Crippen LogP contribution in [-0.2, 0) is 4.79 Å². The number of rotatable bonds is 9. The normalized spacial score (nSPS) is 12.5. The monoisotopic (exact) mass is 249 g/mol. The molecule has 16 heavy (non-hydrogen) atoms. The van der Waals surface area contributed by atoms with Crippen molar-refractivity contribution in [1.29, 1.82) is 0 Å². The lowest BCUT2D eigenvalue weighted by Gasteiger charge is -2.18. The van der Waals surface area contributed by atoms with Gasteiger partial charge < -0.3 is 15.1 Å². The first-order chi connectivity index (χ1) is 7.65. The van der Waals surface area contributed by atoms with E-state index in [-0.39, 0.29) is 12.5 Å². The lowest BCUT2D eigenvalue weighted by molar-refractivity contribution is -0.130. The molecule has 0 aliphatic carbocycles. The van der Waals surface area contributed by atoms with E-state index in [2.05, 4.69) is 0 Å². The van der Waals surface area contributed by atoms with Gasteiger partial charge >= 0.3 is 0 Å². The molecule has 0 aliphatic heterocycles. The molecule has 0 rings (SSSR count). The summed E-state index contributed by atoms with van der Waals surface area (Å²) in [7, 11) is 0. The molecule has 2 N–H and O–H groups in total. The maximum absolute atomic E-state index is 11.6. The highest BCUT2D eigenvalue weighted by molar-refractivity contribution is 7.99. The molecule has 0 aromatic heterocycles. The Morgan fingerprint density at radius 1 is 1.38 bits per heavy atom. The number of hydrogen-bond acceptors (Lipinski definition) is 4. The molecule has 0 bridgehead atoms. The number of thioether (sulfide) groups is 1. The molecule has 0 radical (unpaired) electrons. The van der Waals surface area contributed by atoms with Gasteiger partial charge in [-0.2, -0.15) is 11.8 Å². The second-order valence-electron chi connectivity index (χ2n) is 3.58. The van der Waals surface area contributed by atoms with Crippen molar-refractivity contribution in [3.05, 3.63) is 0 Å². The first-order valence-corrected chi connectivity index (χ1v) is 6.95. The second kappa shape index (κ2) is 9.93. The molecule has 4 nitrogen and oxygen atoms in total. The van der Waals surface area contributed by atoms with Gasteiger partial charge in [-0.25, -0.2) is 0 Å². The van der Waals surface area contributed by atoms with E-state index in [1.807, 2.05) is 18.7 Å². The van der Waals surface area contributed by atoms with Crippen molar-refractivity contribution in [2.24, 2.45) is 0 Å². The summed E-state index contributed by atoms with van der Waals surface area (Å²) in [5.74, 6) is 1.59. The Morgan fingerprint density at radius 3 is 2.50 bits per heavy atom. The molecule has 0 aromatic carbocycles. The van der Waals surface area contributed by atoms with Crippen LogP contribution in [0.1, 0.15) is 26.7 Å². The molecule has 0 spiro atoms. The van der Waals surface area contributed by atoms with E-state index in [9.17, 15) is 4.79 Å². The van der Waals surface area contributed by atoms with Crippen molar-refractivity contribution < 1.29 is 15.0 Å². The zero-order chi connectivity index (χ0) is 12.4. The van der Waals surface area contributed by atoms with E-state index >= 15 is 0 Å². The zero-order valence-corrected chi connectivity index (χ0v) is 11.0. The van der Waals surface area contributed by atoms with Crippen molar-refractivity contribution in [1.82, 2.24) is 4.90 Å². The number of aliphatic hydroxyl groups excluding tert-OH is 2. The summed E-state index contributed by atoms with van der Waals surface area (Å²) in [6, 6.07) is 0. The number of carbonyl (C=O) groups excluding carboxylic acids is 1. The van der Waals surface area contributed by atoms with Crippen LogP contribution in [0.3, 0.4) is 0 Å². The zero-order valence-electron chi connectivity index (χ0n) is 10.2. The maximum Gasteiger partial charge on any atom is 0.222 e. The Morgan fingerprint density at radius 2 is 2.00 bits per heavy atom. The molecule has 0 heterocycles. The first kappa shape index (κ1) is 15.7. The minimum Gasteiger partial charge on any atom is -0.394 e. The van der Waals surface area contributed by atoms with Crippen molar-refractivity contribution in [2.75, 3.05) is 31.2 Å². The topological polar surface area (TPSA) is 60.8 Å². The Kier molecular flexibility index (Phi) is 9.77. The van der Waals surface area contributed by atoms with Crippen LogP contribution in [0.4, 0.5) is 0 Å². The van der Waals surface area contributed by atoms with Gasteiger partial charge in [0.15, 0.2) is 0 Å². The Hall–Kier alpha value is -0.260. The second-order valence-corrected chi connectivity index (χ2v) is 4.73. The van der Waals surface area contributed by atoms with Crippen LogP contribution in [0.2, 0.25) is 0 Å². The smallest absolute Gasteiger partial charge is 0.222 e. The molecule has 0 saturated heterocycles. The van der Waals surface area contributed by atoms with Crippen molar-refractivity contribution in [3.63, 3.8) is 0 Å². The summed E-state index contributed by atoms with van der Waals surface area (Å²) in [6.07, 6.45) is 0.769. The highest BCUT2D eigenvalue weighted by atomic mass is 32.2. The maximum atomic E-state index is 11.6. The Balaban J connectivity index is 3.47. The molecular formula is C11H23NO3S. The lowest BCUT2D eigenvalue weighted by atomic mass is 10.3. The van der Waals surface area contributed by atoms with E-state index < -0.39 is 6.10 Å². The number of aliphatic hydroxyl groups is 2. The third-order valence-corrected chi connectivity index (χ3v) is 3.51. The van der Waals surface area contributed by atoms with Gasteiger partial charge in [-0.1, -0.05) is 0 Å². The number of amides is 1. The van der Waals surface area contributed by atoms with Gasteiger partial charge in [-0.05, 0) is 26.0 Å². The fourth-order valence-electron chi connectivity index (χ4n) is 1.33. The number of nitrogens with zero attached hydrogens (tertiary/aromatic N) is 1. The Bertz CT molecular complexity index is 186. The highest BCUT2D eigenvalue weighted by Gasteiger charge is 2.08. The molecule has 5 heteroatoms. The van der Waals surface area contributed by atoms with Gasteiger partial charge in [0.05, 0.1) is 12.7 Å². The molecule has 0 aromatic rings. The number of hydrogen-bond donors (Lipinski definition) is 2. The van der Waals surface area contributed by atoms with Crippen LogP contribution < -0.4 is 0 Å². The number of carbonyl (C=O) groups is 1. The summed E-state index contributed by atoms with van der Waals surface area (Å²) in [6.45, 7) is 5.31. The van der Waals surface area contributed by atoms with E-state index in [4.69, 9.17) is 10.2 Å². The predicted molar refractivity (Wildman–Crippen MR) is 67.6 cm³/mol. The summed E-state index contributed by atoms with van der Waals surface area (Å²) in [4.78, 5) is 13.4. The van der Waals surface area contributed by atoms with Crippen LogP contribution in [0, 0.1) is 0 Å². The molecule has 1 unspecified atom stereocenters. The molecule has 1 atom stereocenters. The van der Waals surface area contributed by atoms with Crippen LogP contribution in [0.15, 0.2) is 0 Å². The average molecular weight is 249 g/mol. The summed E-state index contributed by atoms with van der Waals surface area (Å²) in [5.41, 5.74) is 0. The highest BCUT2D eigenvalue weighted by Crippen LogP contribution is 2.07. The van der Waals surface area contributed by atoms with E-state index in [0.29, 0.717) is 12.2 Å². The molecule has 96 valence electrons. The molecular weight excluding hydrogens is 226 g/mol. The summed E-state index contributed by atoms with van der Waals surface area (Å²) < 4.78 is 0. The van der Waals surface area contributed by atoms with Crippen LogP contribution in [0.5, 0.6) is 0 Å². The Labute approximate surface area is 102 Å². The first-order valence-electron chi connectivity index (χ1n) is 5.80. The minimum absolute atomic E-state index is 0.189. The van der Waals surface area contributed by atoms with Gasteiger partial charge in [0.1, 0.15) is 0 Å². The molecule has 0 fully saturated rings. The van der Waals surface area contributed by atoms with Crippen molar-refractivity contribution in [3.8, 4) is 0 Å². The average Bonchev–Trinajstić information content (AvgIpc) is 2.29. The van der Waals surface area contributed by atoms with Gasteiger partial charge in [0, 0.05) is 25.3 Å². The fraction of sp³-hybridized carbons (Fsp3) is 0.909. The van der Waals surface area contributed by atoms with Crippen LogP contribution >= 0.6 is 11.8 Å². The molecule has 0 aliphatic rings. The van der Waals surface area contributed by atoms with Gasteiger partial charge in [0.2, 0.25) is 5.91 Å². The van der Waals surface area contributed by atoms with E-state index in [1.165, 1.54) is 0 Å². The predicted octanol–water partition coefficient (Wildman–Crippen LogP) is 0.721. The van der Waals surface area contributed by atoms with Crippen LogP contribution in [0.25, 0.3) is 0 Å². The summed E-state index contributed by atoms with van der Waals surface area (Å²) >= 11 is 1.57. The molecule has 1 amide bonds. The lowest BCUT2D eigenvalue weighted by Crippen LogP contribution is -2.30. The van der Waals surface area contributed by atoms with E-state index in [1.54, 1.807) is 11.8 Å². The van der Waals surface area contributed by atoms with E-state index in [0.717, 1.165) is 25.3 Å². The fourth-order valence-corrected chi connectivity index (χ4v) is 2.22. The standard InChI is InChI=1S/C11H23NO3S/c1-3-12(4-2)11(15)6-5-7-16-9-10(14)8-13/h10,13-14H,3-9H2,1-2H3. The SMILES string of the molecule is CCN(CC)C(=O)CCCSCC(O)CO. The molecule has 0 saturated carbocycles. The van der Waals surface area contributed by atoms with Gasteiger partial charge in [-0.3, -0.25) is 4.79 Å². The minimum atomic E-state index is -0.636. The van der Waals surface area contributed by atoms with Gasteiger partial charge in [0.25, 0.3) is 0 Å². The van der Waals surface area contributed by atoms with Crippen molar-refractivity contribution in [2.45, 2.75) is 32.8 Å². The summed E-state index contributed by atoms with van der Waals surface area (Å²) in [5, 5.41) is 17.7. The quantitative estimate of drug-likeness (QED) is 0.591. The third-order valence-electron chi connectivity index (χ3n) is 2.32.